The standard InChI is InChI=1S/C19H18F2O/c1-2-3-4-13-22-17-10-7-15(8-11-17)5-6-16-9-12-18(20)19(21)14-16/h7-12,14H,2-4,13H2,1H3. The molecule has 0 radical (unpaired) electrons. The van der Waals surface area contributed by atoms with E-state index in [1.807, 2.05) is 24.3 Å². The summed E-state index contributed by atoms with van der Waals surface area (Å²) in [6, 6.07) is 11.0. The number of benzene rings is 2. The van der Waals surface area contributed by atoms with Crippen molar-refractivity contribution in [3.63, 3.8) is 0 Å². The Morgan fingerprint density at radius 3 is 2.23 bits per heavy atom. The molecule has 0 aliphatic heterocycles. The minimum Gasteiger partial charge on any atom is -0.494 e. The fourth-order valence-corrected chi connectivity index (χ4v) is 1.89. The largest absolute Gasteiger partial charge is 0.494 e. The van der Waals surface area contributed by atoms with E-state index in [0.717, 1.165) is 36.3 Å². The lowest BCUT2D eigenvalue weighted by molar-refractivity contribution is 0.306. The van der Waals surface area contributed by atoms with Gasteiger partial charge in [-0.2, -0.15) is 0 Å². The Balaban J connectivity index is 1.96. The first-order valence-electron chi connectivity index (χ1n) is 7.39. The summed E-state index contributed by atoms with van der Waals surface area (Å²) >= 11 is 0. The van der Waals surface area contributed by atoms with Gasteiger partial charge in [0, 0.05) is 11.1 Å². The van der Waals surface area contributed by atoms with Gasteiger partial charge in [-0.1, -0.05) is 31.6 Å². The molecular formula is C19H18F2O. The van der Waals surface area contributed by atoms with E-state index in [4.69, 9.17) is 4.74 Å². The van der Waals surface area contributed by atoms with E-state index in [-0.39, 0.29) is 0 Å². The highest BCUT2D eigenvalue weighted by molar-refractivity contribution is 5.44. The van der Waals surface area contributed by atoms with Gasteiger partial charge in [0.25, 0.3) is 0 Å². The molecule has 2 aromatic carbocycles. The summed E-state index contributed by atoms with van der Waals surface area (Å²) in [6.07, 6.45) is 3.38. The average molecular weight is 300 g/mol. The Bertz CT molecular complexity index is 666. The monoisotopic (exact) mass is 300 g/mol. The highest BCUT2D eigenvalue weighted by Crippen LogP contribution is 2.13. The number of unbranched alkanes of at least 4 members (excludes halogenated alkanes) is 2. The van der Waals surface area contributed by atoms with Gasteiger partial charge in [-0.3, -0.25) is 0 Å². The molecule has 0 amide bonds. The Hall–Kier alpha value is -2.34. The van der Waals surface area contributed by atoms with E-state index in [1.54, 1.807) is 0 Å². The lowest BCUT2D eigenvalue weighted by atomic mass is 10.1. The summed E-state index contributed by atoms with van der Waals surface area (Å²) in [5.41, 5.74) is 1.24. The van der Waals surface area contributed by atoms with Crippen LogP contribution >= 0.6 is 0 Å². The van der Waals surface area contributed by atoms with Gasteiger partial charge in [0.1, 0.15) is 5.75 Å². The molecule has 0 spiro atoms. The number of ether oxygens (including phenoxy) is 1. The Labute approximate surface area is 129 Å². The summed E-state index contributed by atoms with van der Waals surface area (Å²) in [4.78, 5) is 0. The normalized spacial score (nSPS) is 9.95. The van der Waals surface area contributed by atoms with Crippen molar-refractivity contribution in [1.29, 1.82) is 0 Å². The van der Waals surface area contributed by atoms with E-state index in [9.17, 15) is 8.78 Å². The first-order chi connectivity index (χ1) is 10.7. The first kappa shape index (κ1) is 16.0. The van der Waals surface area contributed by atoms with Crippen LogP contribution in [-0.2, 0) is 0 Å². The molecule has 0 aromatic heterocycles. The Morgan fingerprint density at radius 1 is 0.864 bits per heavy atom. The zero-order valence-electron chi connectivity index (χ0n) is 12.5. The second-order valence-corrected chi connectivity index (χ2v) is 4.96. The zero-order chi connectivity index (χ0) is 15.8. The molecule has 114 valence electrons. The molecule has 1 nitrogen and oxygen atoms in total. The molecule has 0 atom stereocenters. The van der Waals surface area contributed by atoms with Crippen molar-refractivity contribution in [3.8, 4) is 17.6 Å². The Kier molecular flexibility index (Phi) is 5.97. The molecule has 0 heterocycles. The van der Waals surface area contributed by atoms with Gasteiger partial charge in [0.2, 0.25) is 0 Å². The molecule has 0 bridgehead atoms. The molecule has 0 fully saturated rings. The number of hydrogen-bond acceptors (Lipinski definition) is 1. The van der Waals surface area contributed by atoms with Crippen LogP contribution in [0.15, 0.2) is 42.5 Å². The SMILES string of the molecule is CCCCCOc1ccc(C#Cc2ccc(F)c(F)c2)cc1. The highest BCUT2D eigenvalue weighted by atomic mass is 19.2. The van der Waals surface area contributed by atoms with Gasteiger partial charge in [-0.05, 0) is 48.9 Å². The second kappa shape index (κ2) is 8.19. The van der Waals surface area contributed by atoms with Crippen molar-refractivity contribution < 1.29 is 13.5 Å². The van der Waals surface area contributed by atoms with Crippen molar-refractivity contribution in [2.75, 3.05) is 6.61 Å². The van der Waals surface area contributed by atoms with Crippen molar-refractivity contribution >= 4 is 0 Å². The number of rotatable bonds is 5. The zero-order valence-corrected chi connectivity index (χ0v) is 12.5. The number of halogens is 2. The second-order valence-electron chi connectivity index (χ2n) is 4.96. The molecule has 22 heavy (non-hydrogen) atoms. The van der Waals surface area contributed by atoms with E-state index >= 15 is 0 Å². The summed E-state index contributed by atoms with van der Waals surface area (Å²) in [7, 11) is 0. The third kappa shape index (κ3) is 4.89. The lowest BCUT2D eigenvalue weighted by Crippen LogP contribution is -1.96. The summed E-state index contributed by atoms with van der Waals surface area (Å²) in [5.74, 6) is 4.79. The molecule has 0 saturated heterocycles. The Morgan fingerprint density at radius 2 is 1.55 bits per heavy atom. The third-order valence-corrected chi connectivity index (χ3v) is 3.14. The minimum atomic E-state index is -0.886. The van der Waals surface area contributed by atoms with Gasteiger partial charge in [-0.15, -0.1) is 0 Å². The summed E-state index contributed by atoms with van der Waals surface area (Å²) in [5, 5.41) is 0. The molecular weight excluding hydrogens is 282 g/mol. The van der Waals surface area contributed by atoms with Crippen LogP contribution in [0, 0.1) is 23.5 Å². The molecule has 0 unspecified atom stereocenters. The first-order valence-corrected chi connectivity index (χ1v) is 7.39. The summed E-state index contributed by atoms with van der Waals surface area (Å²) in [6.45, 7) is 2.87. The highest BCUT2D eigenvalue weighted by Gasteiger charge is 2.00. The molecule has 0 N–H and O–H groups in total. The van der Waals surface area contributed by atoms with Crippen LogP contribution in [0.4, 0.5) is 8.78 Å². The van der Waals surface area contributed by atoms with Gasteiger partial charge in [-0.25, -0.2) is 8.78 Å². The van der Waals surface area contributed by atoms with E-state index < -0.39 is 11.6 Å². The van der Waals surface area contributed by atoms with Crippen LogP contribution < -0.4 is 4.74 Å². The predicted molar refractivity (Wildman–Crippen MR) is 83.8 cm³/mol. The third-order valence-electron chi connectivity index (χ3n) is 3.14. The molecule has 2 rings (SSSR count). The fourth-order valence-electron chi connectivity index (χ4n) is 1.89. The smallest absolute Gasteiger partial charge is 0.160 e. The van der Waals surface area contributed by atoms with Crippen molar-refractivity contribution in [1.82, 2.24) is 0 Å². The van der Waals surface area contributed by atoms with Crippen LogP contribution in [0.3, 0.4) is 0 Å². The van der Waals surface area contributed by atoms with Gasteiger partial charge in [0.05, 0.1) is 6.61 Å². The van der Waals surface area contributed by atoms with Crippen molar-refractivity contribution in [3.05, 3.63) is 65.2 Å². The molecule has 3 heteroatoms. The maximum atomic E-state index is 13.1. The lowest BCUT2D eigenvalue weighted by Gasteiger charge is -2.05. The van der Waals surface area contributed by atoms with Crippen LogP contribution in [0.25, 0.3) is 0 Å². The van der Waals surface area contributed by atoms with Crippen molar-refractivity contribution in [2.24, 2.45) is 0 Å². The number of hydrogen-bond donors (Lipinski definition) is 0. The molecule has 0 saturated carbocycles. The maximum absolute atomic E-state index is 13.1. The quantitative estimate of drug-likeness (QED) is 0.562. The van der Waals surface area contributed by atoms with E-state index in [1.165, 1.54) is 12.5 Å². The van der Waals surface area contributed by atoms with Crippen LogP contribution in [0.1, 0.15) is 37.3 Å². The molecule has 2 aromatic rings. The van der Waals surface area contributed by atoms with E-state index in [0.29, 0.717) is 12.2 Å². The van der Waals surface area contributed by atoms with Crippen LogP contribution in [0.5, 0.6) is 5.75 Å². The van der Waals surface area contributed by atoms with E-state index in [2.05, 4.69) is 18.8 Å². The van der Waals surface area contributed by atoms with Crippen molar-refractivity contribution in [2.45, 2.75) is 26.2 Å². The molecule has 0 aliphatic rings. The minimum absolute atomic E-state index is 0.443. The van der Waals surface area contributed by atoms with Gasteiger partial charge >= 0.3 is 0 Å². The van der Waals surface area contributed by atoms with Gasteiger partial charge < -0.3 is 4.74 Å². The van der Waals surface area contributed by atoms with Gasteiger partial charge in [0.15, 0.2) is 11.6 Å². The van der Waals surface area contributed by atoms with Crippen LogP contribution in [0.2, 0.25) is 0 Å². The maximum Gasteiger partial charge on any atom is 0.160 e. The fraction of sp³-hybridized carbons (Fsp3) is 0.263. The summed E-state index contributed by atoms with van der Waals surface area (Å²) < 4.78 is 31.5. The predicted octanol–water partition coefficient (Wildman–Crippen LogP) is 4.93. The topological polar surface area (TPSA) is 9.23 Å². The van der Waals surface area contributed by atoms with Crippen LogP contribution in [-0.4, -0.2) is 6.61 Å². The average Bonchev–Trinajstić information content (AvgIpc) is 2.54. The molecule has 0 aliphatic carbocycles.